The van der Waals surface area contributed by atoms with E-state index in [1.54, 1.807) is 7.11 Å². The van der Waals surface area contributed by atoms with Crippen molar-refractivity contribution in [1.29, 1.82) is 0 Å². The standard InChI is InChI=1S/C16H19N3O2/c1-20-13-5-3-2-4-11(13)14-18-15(21-19-14)12-10-16(12)6-8-17-9-7-16/h2-5,12,17H,6-10H2,1H3. The number of nitrogens with zero attached hydrogens (tertiary/aromatic N) is 2. The van der Waals surface area contributed by atoms with Crippen molar-refractivity contribution in [2.75, 3.05) is 20.2 Å². The molecule has 110 valence electrons. The average molecular weight is 285 g/mol. The van der Waals surface area contributed by atoms with E-state index in [0.29, 0.717) is 17.2 Å². The Morgan fingerprint density at radius 3 is 2.90 bits per heavy atom. The van der Waals surface area contributed by atoms with Crippen LogP contribution in [-0.4, -0.2) is 30.3 Å². The van der Waals surface area contributed by atoms with E-state index in [0.717, 1.165) is 30.3 Å². The molecule has 2 aromatic rings. The molecule has 2 aliphatic rings. The fourth-order valence-corrected chi connectivity index (χ4v) is 3.49. The number of aromatic nitrogens is 2. The number of para-hydroxylation sites is 1. The van der Waals surface area contributed by atoms with E-state index in [9.17, 15) is 0 Å². The molecular weight excluding hydrogens is 266 g/mol. The third kappa shape index (κ3) is 2.12. The summed E-state index contributed by atoms with van der Waals surface area (Å²) in [6.07, 6.45) is 3.61. The number of methoxy groups -OCH3 is 1. The quantitative estimate of drug-likeness (QED) is 0.939. The van der Waals surface area contributed by atoms with Crippen molar-refractivity contribution in [1.82, 2.24) is 15.5 Å². The van der Waals surface area contributed by atoms with Crippen molar-refractivity contribution in [3.05, 3.63) is 30.2 Å². The summed E-state index contributed by atoms with van der Waals surface area (Å²) in [7, 11) is 1.66. The molecule has 1 saturated heterocycles. The molecule has 0 bridgehead atoms. The Hall–Kier alpha value is -1.88. The van der Waals surface area contributed by atoms with Crippen molar-refractivity contribution in [3.8, 4) is 17.1 Å². The Bertz CT molecular complexity index is 646. The molecule has 1 unspecified atom stereocenters. The topological polar surface area (TPSA) is 60.2 Å². The number of hydrogen-bond acceptors (Lipinski definition) is 5. The van der Waals surface area contributed by atoms with Gasteiger partial charge in [0.1, 0.15) is 5.75 Å². The van der Waals surface area contributed by atoms with E-state index in [-0.39, 0.29) is 0 Å². The van der Waals surface area contributed by atoms with Crippen molar-refractivity contribution < 1.29 is 9.26 Å². The molecule has 1 N–H and O–H groups in total. The third-order valence-corrected chi connectivity index (χ3v) is 4.88. The lowest BCUT2D eigenvalue weighted by Crippen LogP contribution is -2.29. The second kappa shape index (κ2) is 4.84. The van der Waals surface area contributed by atoms with Gasteiger partial charge in [0.25, 0.3) is 0 Å². The first-order chi connectivity index (χ1) is 10.3. The lowest BCUT2D eigenvalue weighted by Gasteiger charge is -2.22. The fourth-order valence-electron chi connectivity index (χ4n) is 3.49. The predicted molar refractivity (Wildman–Crippen MR) is 78.2 cm³/mol. The summed E-state index contributed by atoms with van der Waals surface area (Å²) >= 11 is 0. The number of rotatable bonds is 3. The lowest BCUT2D eigenvalue weighted by molar-refractivity contribution is 0.311. The van der Waals surface area contributed by atoms with Gasteiger partial charge in [-0.15, -0.1) is 0 Å². The van der Waals surface area contributed by atoms with E-state index >= 15 is 0 Å². The van der Waals surface area contributed by atoms with Crippen LogP contribution in [0.15, 0.2) is 28.8 Å². The highest BCUT2D eigenvalue weighted by Crippen LogP contribution is 2.63. The van der Waals surface area contributed by atoms with Gasteiger partial charge in [-0.2, -0.15) is 4.98 Å². The Balaban J connectivity index is 1.59. The molecule has 2 fully saturated rings. The Kier molecular flexibility index (Phi) is 2.96. The SMILES string of the molecule is COc1ccccc1-c1noc(C2CC23CCNCC3)n1. The predicted octanol–water partition coefficient (Wildman–Crippen LogP) is 2.60. The summed E-state index contributed by atoms with van der Waals surface area (Å²) in [6, 6.07) is 7.77. The van der Waals surface area contributed by atoms with E-state index in [1.807, 2.05) is 24.3 Å². The second-order valence-electron chi connectivity index (χ2n) is 6.03. The van der Waals surface area contributed by atoms with Crippen LogP contribution in [-0.2, 0) is 0 Å². The first-order valence-corrected chi connectivity index (χ1v) is 7.50. The number of benzene rings is 1. The van der Waals surface area contributed by atoms with Gasteiger partial charge in [0.15, 0.2) is 0 Å². The van der Waals surface area contributed by atoms with Crippen molar-refractivity contribution in [3.63, 3.8) is 0 Å². The summed E-state index contributed by atoms with van der Waals surface area (Å²) in [5.74, 6) is 2.63. The Morgan fingerprint density at radius 2 is 2.10 bits per heavy atom. The zero-order valence-electron chi connectivity index (χ0n) is 12.1. The minimum absolute atomic E-state index is 0.413. The van der Waals surface area contributed by atoms with Gasteiger partial charge in [0.2, 0.25) is 11.7 Å². The lowest BCUT2D eigenvalue weighted by atomic mass is 9.92. The van der Waals surface area contributed by atoms with E-state index in [4.69, 9.17) is 9.26 Å². The first-order valence-electron chi connectivity index (χ1n) is 7.50. The van der Waals surface area contributed by atoms with Gasteiger partial charge in [-0.25, -0.2) is 0 Å². The van der Waals surface area contributed by atoms with E-state index in [2.05, 4.69) is 15.5 Å². The maximum absolute atomic E-state index is 5.53. The molecule has 0 amide bonds. The zero-order chi connectivity index (χ0) is 14.3. The van der Waals surface area contributed by atoms with Gasteiger partial charge in [0, 0.05) is 5.92 Å². The average Bonchev–Trinajstić information content (AvgIpc) is 3.01. The largest absolute Gasteiger partial charge is 0.496 e. The van der Waals surface area contributed by atoms with Crippen molar-refractivity contribution in [2.45, 2.75) is 25.2 Å². The highest BCUT2D eigenvalue weighted by atomic mass is 16.5. The zero-order valence-corrected chi connectivity index (χ0v) is 12.1. The van der Waals surface area contributed by atoms with E-state index < -0.39 is 0 Å². The molecule has 1 saturated carbocycles. The number of nitrogens with one attached hydrogen (secondary N) is 1. The van der Waals surface area contributed by atoms with Crippen LogP contribution in [0.3, 0.4) is 0 Å². The Labute approximate surface area is 123 Å². The van der Waals surface area contributed by atoms with Crippen LogP contribution in [0.25, 0.3) is 11.4 Å². The monoisotopic (exact) mass is 285 g/mol. The normalized spacial score (nSPS) is 23.2. The van der Waals surface area contributed by atoms with Crippen molar-refractivity contribution >= 4 is 0 Å². The first kappa shape index (κ1) is 12.8. The summed E-state index contributed by atoms with van der Waals surface area (Å²) in [5, 5.41) is 7.57. The highest BCUT2D eigenvalue weighted by Gasteiger charge is 2.57. The number of hydrogen-bond donors (Lipinski definition) is 1. The highest BCUT2D eigenvalue weighted by molar-refractivity contribution is 5.63. The fraction of sp³-hybridized carbons (Fsp3) is 0.500. The molecule has 5 nitrogen and oxygen atoms in total. The second-order valence-corrected chi connectivity index (χ2v) is 6.03. The molecule has 1 aromatic carbocycles. The molecule has 2 heterocycles. The molecule has 1 aliphatic heterocycles. The molecule has 5 heteroatoms. The van der Waals surface area contributed by atoms with Gasteiger partial charge in [-0.05, 0) is 49.9 Å². The van der Waals surface area contributed by atoms with Gasteiger partial charge < -0.3 is 14.6 Å². The van der Waals surface area contributed by atoms with Crippen LogP contribution >= 0.6 is 0 Å². The minimum atomic E-state index is 0.413. The minimum Gasteiger partial charge on any atom is -0.496 e. The maximum Gasteiger partial charge on any atom is 0.230 e. The van der Waals surface area contributed by atoms with Crippen LogP contribution < -0.4 is 10.1 Å². The van der Waals surface area contributed by atoms with Crippen molar-refractivity contribution in [2.24, 2.45) is 5.41 Å². The molecule has 0 radical (unpaired) electrons. The summed E-state index contributed by atoms with van der Waals surface area (Å²) in [4.78, 5) is 4.62. The summed E-state index contributed by atoms with van der Waals surface area (Å²) < 4.78 is 10.9. The van der Waals surface area contributed by atoms with Gasteiger partial charge in [0.05, 0.1) is 12.7 Å². The molecule has 1 spiro atoms. The van der Waals surface area contributed by atoms with Crippen LogP contribution in [0.1, 0.15) is 31.1 Å². The van der Waals surface area contributed by atoms with Gasteiger partial charge in [-0.3, -0.25) is 0 Å². The van der Waals surface area contributed by atoms with Crippen LogP contribution in [0.2, 0.25) is 0 Å². The molecule has 1 aliphatic carbocycles. The number of ether oxygens (including phenoxy) is 1. The molecule has 1 aromatic heterocycles. The smallest absolute Gasteiger partial charge is 0.230 e. The van der Waals surface area contributed by atoms with Gasteiger partial charge in [-0.1, -0.05) is 17.3 Å². The molecule has 21 heavy (non-hydrogen) atoms. The molecular formula is C16H19N3O2. The maximum atomic E-state index is 5.53. The van der Waals surface area contributed by atoms with Crippen LogP contribution in [0.5, 0.6) is 5.75 Å². The Morgan fingerprint density at radius 1 is 1.29 bits per heavy atom. The summed E-state index contributed by atoms with van der Waals surface area (Å²) in [6.45, 7) is 2.20. The third-order valence-electron chi connectivity index (χ3n) is 4.88. The van der Waals surface area contributed by atoms with Gasteiger partial charge >= 0.3 is 0 Å². The summed E-state index contributed by atoms with van der Waals surface area (Å²) in [5.41, 5.74) is 1.30. The molecule has 1 atom stereocenters. The number of piperidine rings is 1. The molecule has 4 rings (SSSR count). The van der Waals surface area contributed by atoms with Crippen LogP contribution in [0.4, 0.5) is 0 Å². The van der Waals surface area contributed by atoms with Crippen LogP contribution in [0, 0.1) is 5.41 Å². The van der Waals surface area contributed by atoms with E-state index in [1.165, 1.54) is 19.3 Å².